The molecule has 1 fully saturated rings. The zero-order valence-corrected chi connectivity index (χ0v) is 11.9. The first-order valence-electron chi connectivity index (χ1n) is 6.81. The van der Waals surface area contributed by atoms with Crippen LogP contribution in [0.1, 0.15) is 38.3 Å². The molecular weight excluding hydrogens is 224 g/mol. The van der Waals surface area contributed by atoms with Gasteiger partial charge in [-0.05, 0) is 33.2 Å². The normalized spacial score (nSPS) is 21.3. The van der Waals surface area contributed by atoms with Crippen LogP contribution in [0.4, 0.5) is 5.82 Å². The van der Waals surface area contributed by atoms with Crippen molar-refractivity contribution < 1.29 is 0 Å². The molecule has 0 saturated carbocycles. The fraction of sp³-hybridized carbons (Fsp3) is 0.714. The molecule has 2 heterocycles. The monoisotopic (exact) mass is 248 g/mol. The fourth-order valence-electron chi connectivity index (χ4n) is 2.50. The van der Waals surface area contributed by atoms with Crippen molar-refractivity contribution in [1.29, 1.82) is 0 Å². The van der Waals surface area contributed by atoms with Crippen molar-refractivity contribution in [3.63, 3.8) is 0 Å². The van der Waals surface area contributed by atoms with Gasteiger partial charge in [0.15, 0.2) is 0 Å². The number of rotatable bonds is 3. The van der Waals surface area contributed by atoms with Gasteiger partial charge in [0.2, 0.25) is 0 Å². The first-order chi connectivity index (χ1) is 8.58. The van der Waals surface area contributed by atoms with Gasteiger partial charge in [-0.25, -0.2) is 4.98 Å². The largest absolute Gasteiger partial charge is 0.361 e. The van der Waals surface area contributed by atoms with Crippen molar-refractivity contribution in [1.82, 2.24) is 14.9 Å². The van der Waals surface area contributed by atoms with E-state index in [1.54, 1.807) is 0 Å². The highest BCUT2D eigenvalue weighted by Gasteiger charge is 2.24. The maximum absolute atomic E-state index is 4.73. The number of likely N-dealkylation sites (tertiary alicyclic amines) is 1. The number of nitrogens with zero attached hydrogens (tertiary/aromatic N) is 4. The van der Waals surface area contributed by atoms with Gasteiger partial charge in [0.25, 0.3) is 0 Å². The lowest BCUT2D eigenvalue weighted by molar-refractivity contribution is 0.166. The molecule has 2 rings (SSSR count). The van der Waals surface area contributed by atoms with E-state index in [1.165, 1.54) is 19.4 Å². The second-order valence-electron chi connectivity index (χ2n) is 5.62. The average Bonchev–Trinajstić information content (AvgIpc) is 2.39. The number of hydrogen-bond donors (Lipinski definition) is 0. The molecule has 1 aromatic heterocycles. The Morgan fingerprint density at radius 1 is 1.33 bits per heavy atom. The Balaban J connectivity index is 2.13. The van der Waals surface area contributed by atoms with E-state index >= 15 is 0 Å². The van der Waals surface area contributed by atoms with Gasteiger partial charge >= 0.3 is 0 Å². The molecule has 0 aliphatic carbocycles. The molecular formula is C14H24N4. The van der Waals surface area contributed by atoms with Crippen LogP contribution in [0.5, 0.6) is 0 Å². The second-order valence-corrected chi connectivity index (χ2v) is 5.62. The standard InChI is InChI=1S/C14H24N4/c1-11(2)18-7-5-6-12(10-18)13-8-15-9-14(16-13)17(3)4/h8-9,11-12H,5-7,10H2,1-4H3/t12-/m0/s1. The quantitative estimate of drug-likeness (QED) is 0.820. The van der Waals surface area contributed by atoms with E-state index in [0.29, 0.717) is 12.0 Å². The molecule has 1 aliphatic rings. The van der Waals surface area contributed by atoms with Crippen LogP contribution in [0, 0.1) is 0 Å². The molecule has 4 nitrogen and oxygen atoms in total. The maximum atomic E-state index is 4.73. The van der Waals surface area contributed by atoms with Gasteiger partial charge in [0, 0.05) is 38.8 Å². The summed E-state index contributed by atoms with van der Waals surface area (Å²) in [6.07, 6.45) is 6.25. The zero-order valence-electron chi connectivity index (χ0n) is 11.9. The number of aromatic nitrogens is 2. The molecule has 18 heavy (non-hydrogen) atoms. The lowest BCUT2D eigenvalue weighted by atomic mass is 9.94. The minimum atomic E-state index is 0.536. The molecule has 1 aliphatic heterocycles. The summed E-state index contributed by atoms with van der Waals surface area (Å²) in [6, 6.07) is 0.623. The number of anilines is 1. The van der Waals surface area contributed by atoms with Gasteiger partial charge < -0.3 is 9.80 Å². The van der Waals surface area contributed by atoms with Crippen molar-refractivity contribution in [3.05, 3.63) is 18.1 Å². The smallest absolute Gasteiger partial charge is 0.146 e. The molecule has 0 unspecified atom stereocenters. The van der Waals surface area contributed by atoms with E-state index in [0.717, 1.165) is 18.1 Å². The number of piperidine rings is 1. The summed E-state index contributed by atoms with van der Waals surface area (Å²) in [5.74, 6) is 1.49. The van der Waals surface area contributed by atoms with Gasteiger partial charge in [-0.15, -0.1) is 0 Å². The van der Waals surface area contributed by atoms with Crippen LogP contribution in [0.3, 0.4) is 0 Å². The number of hydrogen-bond acceptors (Lipinski definition) is 4. The Morgan fingerprint density at radius 2 is 2.11 bits per heavy atom. The summed E-state index contributed by atoms with van der Waals surface area (Å²) in [5, 5.41) is 0. The highest BCUT2D eigenvalue weighted by Crippen LogP contribution is 2.27. The van der Waals surface area contributed by atoms with Crippen LogP contribution in [0.25, 0.3) is 0 Å². The van der Waals surface area contributed by atoms with Crippen LogP contribution in [0.15, 0.2) is 12.4 Å². The first-order valence-corrected chi connectivity index (χ1v) is 6.81. The Labute approximate surface area is 110 Å². The zero-order chi connectivity index (χ0) is 13.1. The predicted molar refractivity (Wildman–Crippen MR) is 75.0 cm³/mol. The summed E-state index contributed by atoms with van der Waals surface area (Å²) in [6.45, 7) is 6.87. The van der Waals surface area contributed by atoms with Crippen molar-refractivity contribution in [3.8, 4) is 0 Å². The molecule has 4 heteroatoms. The van der Waals surface area contributed by atoms with E-state index in [2.05, 4.69) is 23.7 Å². The third-order valence-corrected chi connectivity index (χ3v) is 3.70. The SMILES string of the molecule is CC(C)N1CCC[C@H](c2cncc(N(C)C)n2)C1. The molecule has 1 atom stereocenters. The van der Waals surface area contributed by atoms with Crippen LogP contribution in [-0.4, -0.2) is 48.1 Å². The predicted octanol–water partition coefficient (Wildman–Crippen LogP) is 2.13. The lowest BCUT2D eigenvalue weighted by Gasteiger charge is -2.35. The van der Waals surface area contributed by atoms with E-state index < -0.39 is 0 Å². The first kappa shape index (κ1) is 13.3. The minimum Gasteiger partial charge on any atom is -0.361 e. The van der Waals surface area contributed by atoms with Gasteiger partial charge in [0.1, 0.15) is 5.82 Å². The Kier molecular flexibility index (Phi) is 4.17. The van der Waals surface area contributed by atoms with E-state index in [4.69, 9.17) is 4.98 Å². The van der Waals surface area contributed by atoms with Crippen LogP contribution in [-0.2, 0) is 0 Å². The van der Waals surface area contributed by atoms with Crippen molar-refractivity contribution in [2.24, 2.45) is 0 Å². The Bertz CT molecular complexity index is 389. The van der Waals surface area contributed by atoms with E-state index in [1.807, 2.05) is 31.4 Å². The lowest BCUT2D eigenvalue weighted by Crippen LogP contribution is -2.39. The minimum absolute atomic E-state index is 0.536. The fourth-order valence-corrected chi connectivity index (χ4v) is 2.50. The topological polar surface area (TPSA) is 32.3 Å². The van der Waals surface area contributed by atoms with Crippen molar-refractivity contribution in [2.75, 3.05) is 32.1 Å². The third kappa shape index (κ3) is 2.99. The van der Waals surface area contributed by atoms with E-state index in [9.17, 15) is 0 Å². The molecule has 0 N–H and O–H groups in total. The van der Waals surface area contributed by atoms with E-state index in [-0.39, 0.29) is 0 Å². The molecule has 1 saturated heterocycles. The second kappa shape index (κ2) is 5.65. The molecule has 0 spiro atoms. The van der Waals surface area contributed by atoms with Gasteiger partial charge in [-0.2, -0.15) is 0 Å². The summed E-state index contributed by atoms with van der Waals surface area (Å²) < 4.78 is 0. The van der Waals surface area contributed by atoms with Gasteiger partial charge in [-0.3, -0.25) is 4.98 Å². The summed E-state index contributed by atoms with van der Waals surface area (Å²) in [5.41, 5.74) is 1.14. The highest BCUT2D eigenvalue weighted by atomic mass is 15.2. The van der Waals surface area contributed by atoms with Gasteiger partial charge in [-0.1, -0.05) is 0 Å². The summed E-state index contributed by atoms with van der Waals surface area (Å²) >= 11 is 0. The summed E-state index contributed by atoms with van der Waals surface area (Å²) in [4.78, 5) is 13.6. The Hall–Kier alpha value is -1.16. The maximum Gasteiger partial charge on any atom is 0.146 e. The molecule has 100 valence electrons. The highest BCUT2D eigenvalue weighted by molar-refractivity contribution is 5.34. The Morgan fingerprint density at radius 3 is 2.78 bits per heavy atom. The van der Waals surface area contributed by atoms with Crippen molar-refractivity contribution >= 4 is 5.82 Å². The van der Waals surface area contributed by atoms with Crippen molar-refractivity contribution in [2.45, 2.75) is 38.6 Å². The van der Waals surface area contributed by atoms with Gasteiger partial charge in [0.05, 0.1) is 11.9 Å². The third-order valence-electron chi connectivity index (χ3n) is 3.70. The molecule has 0 aromatic carbocycles. The molecule has 0 amide bonds. The average molecular weight is 248 g/mol. The van der Waals surface area contributed by atoms with Crippen LogP contribution < -0.4 is 4.90 Å². The molecule has 0 radical (unpaired) electrons. The van der Waals surface area contributed by atoms with Crippen LogP contribution in [0.2, 0.25) is 0 Å². The molecule has 0 bridgehead atoms. The summed E-state index contributed by atoms with van der Waals surface area (Å²) in [7, 11) is 4.02. The van der Waals surface area contributed by atoms with Crippen LogP contribution >= 0.6 is 0 Å². The molecule has 1 aromatic rings.